The van der Waals surface area contributed by atoms with E-state index in [1.807, 2.05) is 0 Å². The molecule has 0 aromatic heterocycles. The molecule has 1 rings (SSSR count). The molecular weight excluding hydrogens is 356 g/mol. The van der Waals surface area contributed by atoms with Crippen molar-refractivity contribution < 1.29 is 4.39 Å². The summed E-state index contributed by atoms with van der Waals surface area (Å²) in [5.41, 5.74) is 0. The van der Waals surface area contributed by atoms with Crippen LogP contribution in [0, 0.1) is 11.8 Å². The molecule has 0 amide bonds. The Balaban J connectivity index is 0.00000324. The predicted molar refractivity (Wildman–Crippen MR) is 91.1 cm³/mol. The van der Waals surface area contributed by atoms with Crippen molar-refractivity contribution in [3.8, 4) is 0 Å². The summed E-state index contributed by atoms with van der Waals surface area (Å²) in [4.78, 5) is 6.43. The Labute approximate surface area is 134 Å². The first-order valence-electron chi connectivity index (χ1n) is 7.15. The van der Waals surface area contributed by atoms with Crippen LogP contribution in [0.25, 0.3) is 0 Å². The average molecular weight is 385 g/mol. The van der Waals surface area contributed by atoms with E-state index >= 15 is 0 Å². The Bertz CT molecular complexity index is 253. The van der Waals surface area contributed by atoms with Crippen molar-refractivity contribution in [3.05, 3.63) is 0 Å². The topological polar surface area (TPSA) is 27.6 Å². The van der Waals surface area contributed by atoms with Gasteiger partial charge in [-0.2, -0.15) is 0 Å². The van der Waals surface area contributed by atoms with E-state index in [0.717, 1.165) is 24.3 Å². The molecule has 0 spiro atoms. The molecule has 0 atom stereocenters. The quantitative estimate of drug-likeness (QED) is 0.340. The first kappa shape index (κ1) is 18.9. The van der Waals surface area contributed by atoms with Gasteiger partial charge in [-0.1, -0.05) is 19.8 Å². The zero-order valence-corrected chi connectivity index (χ0v) is 14.8. The van der Waals surface area contributed by atoms with Gasteiger partial charge in [0.05, 0.1) is 6.67 Å². The number of hydrogen-bond donors (Lipinski definition) is 1. The van der Waals surface area contributed by atoms with Crippen molar-refractivity contribution in [1.29, 1.82) is 0 Å². The number of aliphatic imine (C=N–C) groups is 1. The molecule has 114 valence electrons. The Kier molecular flexibility index (Phi) is 10.6. The van der Waals surface area contributed by atoms with Gasteiger partial charge in [-0.15, -0.1) is 24.0 Å². The van der Waals surface area contributed by atoms with Gasteiger partial charge in [0, 0.05) is 27.2 Å². The van der Waals surface area contributed by atoms with Gasteiger partial charge in [0.25, 0.3) is 0 Å². The lowest BCUT2D eigenvalue weighted by molar-refractivity contribution is 0.250. The molecule has 5 heteroatoms. The maximum Gasteiger partial charge on any atom is 0.193 e. The largest absolute Gasteiger partial charge is 0.356 e. The third-order valence-electron chi connectivity index (χ3n) is 3.83. The highest BCUT2D eigenvalue weighted by Crippen LogP contribution is 2.28. The molecule has 3 nitrogen and oxygen atoms in total. The minimum Gasteiger partial charge on any atom is -0.356 e. The minimum absolute atomic E-state index is 0. The molecule has 0 saturated heterocycles. The highest BCUT2D eigenvalue weighted by atomic mass is 127. The minimum atomic E-state index is -0.270. The lowest BCUT2D eigenvalue weighted by Crippen LogP contribution is -2.42. The van der Waals surface area contributed by atoms with E-state index < -0.39 is 0 Å². The molecule has 19 heavy (non-hydrogen) atoms. The van der Waals surface area contributed by atoms with Gasteiger partial charge in [-0.25, -0.2) is 0 Å². The summed E-state index contributed by atoms with van der Waals surface area (Å²) in [5.74, 6) is 2.57. The van der Waals surface area contributed by atoms with Crippen LogP contribution in [0.1, 0.15) is 39.0 Å². The first-order valence-corrected chi connectivity index (χ1v) is 7.15. The fourth-order valence-electron chi connectivity index (χ4n) is 2.64. The molecule has 0 radical (unpaired) electrons. The summed E-state index contributed by atoms with van der Waals surface area (Å²) in [6.45, 7) is 3.79. The Morgan fingerprint density at radius 1 is 1.32 bits per heavy atom. The number of guanidine groups is 1. The lowest BCUT2D eigenvalue weighted by atomic mass is 9.83. The molecule has 1 aliphatic carbocycles. The SMILES string of the molecule is CN=C(NCCCF)N(C)CC1CCC(C)CC1.I. The van der Waals surface area contributed by atoms with E-state index in [1.165, 1.54) is 25.7 Å². The Morgan fingerprint density at radius 3 is 2.47 bits per heavy atom. The van der Waals surface area contributed by atoms with Crippen LogP contribution in [-0.4, -0.2) is 44.7 Å². The summed E-state index contributed by atoms with van der Waals surface area (Å²) in [5, 5.41) is 3.20. The van der Waals surface area contributed by atoms with Gasteiger partial charge in [-0.3, -0.25) is 9.38 Å². The van der Waals surface area contributed by atoms with Crippen LogP contribution >= 0.6 is 24.0 Å². The first-order chi connectivity index (χ1) is 8.67. The number of alkyl halides is 1. The van der Waals surface area contributed by atoms with Crippen molar-refractivity contribution in [3.63, 3.8) is 0 Å². The average Bonchev–Trinajstić information content (AvgIpc) is 2.37. The third-order valence-corrected chi connectivity index (χ3v) is 3.83. The second-order valence-electron chi connectivity index (χ2n) is 5.52. The number of hydrogen-bond acceptors (Lipinski definition) is 1. The Hall–Kier alpha value is -0.0700. The zero-order valence-electron chi connectivity index (χ0n) is 12.5. The second-order valence-corrected chi connectivity index (χ2v) is 5.52. The summed E-state index contributed by atoms with van der Waals surface area (Å²) in [7, 11) is 3.86. The third kappa shape index (κ3) is 7.32. The molecule has 0 aromatic carbocycles. The van der Waals surface area contributed by atoms with E-state index in [-0.39, 0.29) is 30.7 Å². The molecule has 1 fully saturated rings. The molecule has 0 aliphatic heterocycles. The van der Waals surface area contributed by atoms with Crippen LogP contribution in [0.2, 0.25) is 0 Å². The second kappa shape index (κ2) is 10.7. The van der Waals surface area contributed by atoms with Crippen molar-refractivity contribution in [2.75, 3.05) is 33.9 Å². The summed E-state index contributed by atoms with van der Waals surface area (Å²) in [6.07, 6.45) is 5.91. The highest BCUT2D eigenvalue weighted by Gasteiger charge is 2.20. The maximum atomic E-state index is 12.1. The highest BCUT2D eigenvalue weighted by molar-refractivity contribution is 14.0. The zero-order chi connectivity index (χ0) is 13.4. The molecule has 1 aliphatic rings. The van der Waals surface area contributed by atoms with Gasteiger partial charge in [0.1, 0.15) is 0 Å². The standard InChI is InChI=1S/C14H28FN3.HI/c1-12-5-7-13(8-6-12)11-18(3)14(16-2)17-10-4-9-15;/h12-13H,4-11H2,1-3H3,(H,16,17);1H. The van der Waals surface area contributed by atoms with Crippen LogP contribution in [-0.2, 0) is 0 Å². The fourth-order valence-corrected chi connectivity index (χ4v) is 2.64. The van der Waals surface area contributed by atoms with Crippen LogP contribution in [0.4, 0.5) is 4.39 Å². The molecular formula is C14H29FIN3. The van der Waals surface area contributed by atoms with Crippen molar-refractivity contribution >= 4 is 29.9 Å². The van der Waals surface area contributed by atoms with E-state index in [0.29, 0.717) is 13.0 Å². The fraction of sp³-hybridized carbons (Fsp3) is 0.929. The number of rotatable bonds is 5. The summed E-state index contributed by atoms with van der Waals surface area (Å²) < 4.78 is 12.1. The monoisotopic (exact) mass is 385 g/mol. The smallest absolute Gasteiger partial charge is 0.193 e. The van der Waals surface area contributed by atoms with Gasteiger partial charge in [0.15, 0.2) is 5.96 Å². The molecule has 1 saturated carbocycles. The molecule has 0 unspecified atom stereocenters. The van der Waals surface area contributed by atoms with Gasteiger partial charge in [-0.05, 0) is 31.1 Å². The molecule has 0 heterocycles. The maximum absolute atomic E-state index is 12.1. The van der Waals surface area contributed by atoms with E-state index in [1.54, 1.807) is 7.05 Å². The van der Waals surface area contributed by atoms with E-state index in [4.69, 9.17) is 0 Å². The predicted octanol–water partition coefficient (Wildman–Crippen LogP) is 3.30. The van der Waals surface area contributed by atoms with Crippen LogP contribution in [0.3, 0.4) is 0 Å². The van der Waals surface area contributed by atoms with Crippen molar-refractivity contribution in [2.45, 2.75) is 39.0 Å². The van der Waals surface area contributed by atoms with Gasteiger partial charge < -0.3 is 10.2 Å². The molecule has 1 N–H and O–H groups in total. The van der Waals surface area contributed by atoms with E-state index in [2.05, 4.69) is 29.2 Å². The normalized spacial score (nSPS) is 23.7. The molecule has 0 aromatic rings. The summed E-state index contributed by atoms with van der Waals surface area (Å²) >= 11 is 0. The van der Waals surface area contributed by atoms with Crippen molar-refractivity contribution in [1.82, 2.24) is 10.2 Å². The number of nitrogens with zero attached hydrogens (tertiary/aromatic N) is 2. The van der Waals surface area contributed by atoms with Gasteiger partial charge in [0.2, 0.25) is 0 Å². The van der Waals surface area contributed by atoms with Crippen molar-refractivity contribution in [2.24, 2.45) is 16.8 Å². The number of nitrogens with one attached hydrogen (secondary N) is 1. The van der Waals surface area contributed by atoms with E-state index in [9.17, 15) is 4.39 Å². The Morgan fingerprint density at radius 2 is 1.95 bits per heavy atom. The lowest BCUT2D eigenvalue weighted by Gasteiger charge is -2.31. The van der Waals surface area contributed by atoms with Gasteiger partial charge >= 0.3 is 0 Å². The molecule has 0 bridgehead atoms. The number of halogens is 2. The van der Waals surface area contributed by atoms with Crippen LogP contribution in [0.5, 0.6) is 0 Å². The van der Waals surface area contributed by atoms with Crippen LogP contribution in [0.15, 0.2) is 4.99 Å². The van der Waals surface area contributed by atoms with Crippen LogP contribution < -0.4 is 5.32 Å². The summed E-state index contributed by atoms with van der Waals surface area (Å²) in [6, 6.07) is 0.